The van der Waals surface area contributed by atoms with E-state index in [2.05, 4.69) is 12.1 Å². The standard InChI is InChI=1S/C10H13N/c1-9(11)7-8-10-5-3-2-4-6-10/h2-9H,11H2,1H3/b8-7-/t9-/m0/s1. The van der Waals surface area contributed by atoms with Crippen LogP contribution in [-0.2, 0) is 0 Å². The van der Waals surface area contributed by atoms with Crippen LogP contribution in [0, 0.1) is 0 Å². The Balaban J connectivity index is 2.65. The number of benzene rings is 1. The molecule has 0 unspecified atom stereocenters. The van der Waals surface area contributed by atoms with Gasteiger partial charge in [-0.3, -0.25) is 0 Å². The quantitative estimate of drug-likeness (QED) is 0.680. The van der Waals surface area contributed by atoms with Gasteiger partial charge in [-0.1, -0.05) is 42.5 Å². The van der Waals surface area contributed by atoms with E-state index in [4.69, 9.17) is 5.73 Å². The van der Waals surface area contributed by atoms with Crippen LogP contribution in [0.2, 0.25) is 0 Å². The largest absolute Gasteiger partial charge is 0.325 e. The van der Waals surface area contributed by atoms with Gasteiger partial charge in [-0.05, 0) is 12.5 Å². The summed E-state index contributed by atoms with van der Waals surface area (Å²) in [7, 11) is 0. The lowest BCUT2D eigenvalue weighted by molar-refractivity contribution is 0.931. The van der Waals surface area contributed by atoms with Gasteiger partial charge in [0.25, 0.3) is 0 Å². The molecule has 0 aliphatic carbocycles. The molecule has 0 aliphatic rings. The van der Waals surface area contributed by atoms with Gasteiger partial charge in [-0.15, -0.1) is 0 Å². The summed E-state index contributed by atoms with van der Waals surface area (Å²) in [6, 6.07) is 10.3. The fourth-order valence-electron chi connectivity index (χ4n) is 0.827. The van der Waals surface area contributed by atoms with Crippen molar-refractivity contribution in [1.82, 2.24) is 0 Å². The van der Waals surface area contributed by atoms with Crippen molar-refractivity contribution in [3.05, 3.63) is 42.0 Å². The van der Waals surface area contributed by atoms with Gasteiger partial charge in [-0.25, -0.2) is 0 Å². The Morgan fingerprint density at radius 2 is 1.91 bits per heavy atom. The fourth-order valence-corrected chi connectivity index (χ4v) is 0.827. The van der Waals surface area contributed by atoms with E-state index >= 15 is 0 Å². The second-order valence-corrected chi connectivity index (χ2v) is 2.63. The minimum Gasteiger partial charge on any atom is -0.325 e. The van der Waals surface area contributed by atoms with E-state index in [-0.39, 0.29) is 6.04 Å². The second kappa shape index (κ2) is 3.94. The molecule has 0 heterocycles. The van der Waals surface area contributed by atoms with Gasteiger partial charge in [-0.2, -0.15) is 0 Å². The zero-order chi connectivity index (χ0) is 8.10. The molecule has 1 nitrogen and oxygen atoms in total. The van der Waals surface area contributed by atoms with Crippen LogP contribution in [0.5, 0.6) is 0 Å². The molecule has 0 amide bonds. The van der Waals surface area contributed by atoms with Crippen molar-refractivity contribution in [2.75, 3.05) is 0 Å². The molecule has 0 saturated carbocycles. The van der Waals surface area contributed by atoms with Crippen LogP contribution >= 0.6 is 0 Å². The first-order chi connectivity index (χ1) is 5.29. The zero-order valence-electron chi connectivity index (χ0n) is 6.70. The van der Waals surface area contributed by atoms with Gasteiger partial charge in [0.1, 0.15) is 0 Å². The van der Waals surface area contributed by atoms with Gasteiger partial charge < -0.3 is 5.73 Å². The fraction of sp³-hybridized carbons (Fsp3) is 0.200. The van der Waals surface area contributed by atoms with Crippen molar-refractivity contribution in [2.45, 2.75) is 13.0 Å². The summed E-state index contributed by atoms with van der Waals surface area (Å²) < 4.78 is 0. The topological polar surface area (TPSA) is 26.0 Å². The van der Waals surface area contributed by atoms with Gasteiger partial charge in [0.2, 0.25) is 0 Å². The number of rotatable bonds is 2. The molecule has 11 heavy (non-hydrogen) atoms. The lowest BCUT2D eigenvalue weighted by atomic mass is 10.2. The van der Waals surface area contributed by atoms with E-state index in [1.807, 2.05) is 37.3 Å². The maximum atomic E-state index is 5.55. The van der Waals surface area contributed by atoms with Crippen LogP contribution in [-0.4, -0.2) is 6.04 Å². The molecule has 0 fully saturated rings. The van der Waals surface area contributed by atoms with E-state index in [0.717, 1.165) is 0 Å². The average Bonchev–Trinajstić information content (AvgIpc) is 2.03. The summed E-state index contributed by atoms with van der Waals surface area (Å²) in [5.74, 6) is 0. The van der Waals surface area contributed by atoms with Crippen molar-refractivity contribution < 1.29 is 0 Å². The van der Waals surface area contributed by atoms with Gasteiger partial charge >= 0.3 is 0 Å². The molecule has 1 rings (SSSR count). The third-order valence-electron chi connectivity index (χ3n) is 1.39. The molecule has 2 N–H and O–H groups in total. The van der Waals surface area contributed by atoms with Gasteiger partial charge in [0, 0.05) is 6.04 Å². The van der Waals surface area contributed by atoms with E-state index < -0.39 is 0 Å². The minimum absolute atomic E-state index is 0.134. The second-order valence-electron chi connectivity index (χ2n) is 2.63. The molecule has 1 atom stereocenters. The molecule has 0 radical (unpaired) electrons. The number of nitrogens with two attached hydrogens (primary N) is 1. The van der Waals surface area contributed by atoms with E-state index in [0.29, 0.717) is 0 Å². The summed E-state index contributed by atoms with van der Waals surface area (Å²) in [6.07, 6.45) is 4.01. The third-order valence-corrected chi connectivity index (χ3v) is 1.39. The summed E-state index contributed by atoms with van der Waals surface area (Å²) in [4.78, 5) is 0. The molecule has 0 spiro atoms. The normalized spacial score (nSPS) is 13.6. The van der Waals surface area contributed by atoms with Crippen LogP contribution < -0.4 is 5.73 Å². The van der Waals surface area contributed by atoms with Crippen LogP contribution in [0.4, 0.5) is 0 Å². The molecule has 0 aromatic heterocycles. The first-order valence-corrected chi connectivity index (χ1v) is 3.78. The smallest absolute Gasteiger partial charge is 0.0198 e. The minimum atomic E-state index is 0.134. The van der Waals surface area contributed by atoms with Crippen molar-refractivity contribution in [1.29, 1.82) is 0 Å². The maximum absolute atomic E-state index is 5.55. The molecule has 0 aliphatic heterocycles. The van der Waals surface area contributed by atoms with Gasteiger partial charge in [0.05, 0.1) is 0 Å². The molecular weight excluding hydrogens is 134 g/mol. The third kappa shape index (κ3) is 3.01. The molecule has 1 aromatic carbocycles. The van der Waals surface area contributed by atoms with E-state index in [9.17, 15) is 0 Å². The zero-order valence-corrected chi connectivity index (χ0v) is 6.70. The molecule has 0 bridgehead atoms. The van der Waals surface area contributed by atoms with Crippen molar-refractivity contribution in [3.63, 3.8) is 0 Å². The Morgan fingerprint density at radius 3 is 2.45 bits per heavy atom. The molecular formula is C10H13N. The SMILES string of the molecule is C[C@H](N)/C=C\c1ccccc1. The monoisotopic (exact) mass is 147 g/mol. The maximum Gasteiger partial charge on any atom is 0.0198 e. The summed E-state index contributed by atoms with van der Waals surface area (Å²) in [5, 5.41) is 0. The number of hydrogen-bond acceptors (Lipinski definition) is 1. The summed E-state index contributed by atoms with van der Waals surface area (Å²) in [6.45, 7) is 1.96. The Kier molecular flexibility index (Phi) is 2.87. The highest BCUT2D eigenvalue weighted by molar-refractivity contribution is 5.49. The highest BCUT2D eigenvalue weighted by Crippen LogP contribution is 2.00. The molecule has 1 heteroatoms. The highest BCUT2D eigenvalue weighted by atomic mass is 14.6. The first kappa shape index (κ1) is 8.02. The van der Waals surface area contributed by atoms with Crippen molar-refractivity contribution >= 4 is 6.08 Å². The molecule has 0 saturated heterocycles. The van der Waals surface area contributed by atoms with Gasteiger partial charge in [0.15, 0.2) is 0 Å². The average molecular weight is 147 g/mol. The Morgan fingerprint density at radius 1 is 1.27 bits per heavy atom. The van der Waals surface area contributed by atoms with Crippen LogP contribution in [0.25, 0.3) is 6.08 Å². The van der Waals surface area contributed by atoms with Crippen molar-refractivity contribution in [3.8, 4) is 0 Å². The Labute approximate surface area is 67.5 Å². The van der Waals surface area contributed by atoms with Crippen LogP contribution in [0.3, 0.4) is 0 Å². The number of hydrogen-bond donors (Lipinski definition) is 1. The first-order valence-electron chi connectivity index (χ1n) is 3.78. The molecule has 58 valence electrons. The Bertz CT molecular complexity index is 224. The predicted molar refractivity (Wildman–Crippen MR) is 49.1 cm³/mol. The van der Waals surface area contributed by atoms with Crippen LogP contribution in [0.1, 0.15) is 12.5 Å². The predicted octanol–water partition coefficient (Wildman–Crippen LogP) is 2.05. The lowest BCUT2D eigenvalue weighted by Crippen LogP contribution is -2.09. The van der Waals surface area contributed by atoms with Crippen LogP contribution in [0.15, 0.2) is 36.4 Å². The lowest BCUT2D eigenvalue weighted by Gasteiger charge is -1.94. The summed E-state index contributed by atoms with van der Waals surface area (Å²) >= 11 is 0. The van der Waals surface area contributed by atoms with E-state index in [1.54, 1.807) is 0 Å². The highest BCUT2D eigenvalue weighted by Gasteiger charge is 1.84. The van der Waals surface area contributed by atoms with Crippen molar-refractivity contribution in [2.24, 2.45) is 5.73 Å². The van der Waals surface area contributed by atoms with E-state index in [1.165, 1.54) is 5.56 Å². The Hall–Kier alpha value is -1.08. The summed E-state index contributed by atoms with van der Waals surface area (Å²) in [5.41, 5.74) is 6.75. The molecule has 1 aromatic rings.